The van der Waals surface area contributed by atoms with E-state index in [0.29, 0.717) is 29.2 Å². The number of fused-ring (bicyclic) bond motifs is 1. The van der Waals surface area contributed by atoms with Gasteiger partial charge in [0.1, 0.15) is 0 Å². The maximum Gasteiger partial charge on any atom is 0.231 e. The summed E-state index contributed by atoms with van der Waals surface area (Å²) in [6, 6.07) is 5.79. The molecule has 5 nitrogen and oxygen atoms in total. The number of amides is 2. The number of likely N-dealkylation sites (tertiary alicyclic amines) is 1. The highest BCUT2D eigenvalue weighted by atomic mass is 35.5. The molecule has 2 aromatic rings. The van der Waals surface area contributed by atoms with Gasteiger partial charge >= 0.3 is 0 Å². The van der Waals surface area contributed by atoms with Crippen molar-refractivity contribution in [1.29, 1.82) is 0 Å². The van der Waals surface area contributed by atoms with Gasteiger partial charge in [-0.2, -0.15) is 0 Å². The van der Waals surface area contributed by atoms with Crippen molar-refractivity contribution in [3.05, 3.63) is 23.2 Å². The van der Waals surface area contributed by atoms with Crippen LogP contribution in [0, 0.1) is 5.92 Å². The van der Waals surface area contributed by atoms with Crippen LogP contribution in [0.25, 0.3) is 10.2 Å². The Balaban J connectivity index is 1.44. The molecule has 1 saturated heterocycles. The number of benzene rings is 1. The maximum absolute atomic E-state index is 12.5. The van der Waals surface area contributed by atoms with Gasteiger partial charge < -0.3 is 10.2 Å². The van der Waals surface area contributed by atoms with Crippen LogP contribution in [0.1, 0.15) is 32.1 Å². The SMILES string of the molecule is O=C(Nc1nc2ccc(Cl)cc2s1)C1CC(=O)N(C2CCCC2)C1. The highest BCUT2D eigenvalue weighted by molar-refractivity contribution is 7.22. The molecule has 0 spiro atoms. The number of hydrogen-bond acceptors (Lipinski definition) is 4. The van der Waals surface area contributed by atoms with E-state index in [1.807, 2.05) is 17.0 Å². The molecule has 2 heterocycles. The van der Waals surface area contributed by atoms with Crippen molar-refractivity contribution in [3.63, 3.8) is 0 Å². The molecule has 1 aromatic carbocycles. The Hall–Kier alpha value is -1.66. The Morgan fingerprint density at radius 3 is 2.92 bits per heavy atom. The van der Waals surface area contributed by atoms with Gasteiger partial charge in [-0.3, -0.25) is 9.59 Å². The number of halogens is 1. The molecule has 2 amide bonds. The lowest BCUT2D eigenvalue weighted by molar-refractivity contribution is -0.129. The molecule has 126 valence electrons. The fourth-order valence-corrected chi connectivity index (χ4v) is 4.78. The third kappa shape index (κ3) is 3.00. The number of thiazole rings is 1. The van der Waals surface area contributed by atoms with E-state index in [0.717, 1.165) is 23.1 Å². The first kappa shape index (κ1) is 15.8. The van der Waals surface area contributed by atoms with Gasteiger partial charge in [-0.1, -0.05) is 35.8 Å². The molecule has 1 atom stereocenters. The Kier molecular flexibility index (Phi) is 4.18. The van der Waals surface area contributed by atoms with E-state index in [4.69, 9.17) is 11.6 Å². The lowest BCUT2D eigenvalue weighted by Crippen LogP contribution is -2.35. The number of aromatic nitrogens is 1. The number of nitrogens with one attached hydrogen (secondary N) is 1. The maximum atomic E-state index is 12.5. The number of rotatable bonds is 3. The van der Waals surface area contributed by atoms with Gasteiger partial charge in [0, 0.05) is 24.0 Å². The third-order valence-corrected chi connectivity index (χ3v) is 6.04. The molecule has 0 bridgehead atoms. The van der Waals surface area contributed by atoms with Gasteiger partial charge in [0.15, 0.2) is 5.13 Å². The first-order valence-electron chi connectivity index (χ1n) is 8.26. The number of hydrogen-bond donors (Lipinski definition) is 1. The first-order chi connectivity index (χ1) is 11.6. The smallest absolute Gasteiger partial charge is 0.231 e. The normalized spacial score (nSPS) is 21.8. The molecule has 7 heteroatoms. The van der Waals surface area contributed by atoms with Gasteiger partial charge in [-0.05, 0) is 31.0 Å². The highest BCUT2D eigenvalue weighted by Gasteiger charge is 2.38. The molecule has 0 radical (unpaired) electrons. The van der Waals surface area contributed by atoms with E-state index in [-0.39, 0.29) is 17.7 Å². The lowest BCUT2D eigenvalue weighted by atomic mass is 10.1. The Morgan fingerprint density at radius 1 is 1.33 bits per heavy atom. The van der Waals surface area contributed by atoms with Crippen molar-refractivity contribution >= 4 is 50.1 Å². The molecule has 1 N–H and O–H groups in total. The van der Waals surface area contributed by atoms with Crippen molar-refractivity contribution in [3.8, 4) is 0 Å². The quantitative estimate of drug-likeness (QED) is 0.904. The molecular weight excluding hydrogens is 346 g/mol. The largest absolute Gasteiger partial charge is 0.339 e. The van der Waals surface area contributed by atoms with Crippen LogP contribution in [0.4, 0.5) is 5.13 Å². The molecule has 1 aliphatic carbocycles. The number of carbonyl (C=O) groups is 2. The molecule has 1 aliphatic heterocycles. The highest BCUT2D eigenvalue weighted by Crippen LogP contribution is 2.31. The molecule has 4 rings (SSSR count). The summed E-state index contributed by atoms with van der Waals surface area (Å²) in [5.41, 5.74) is 0.815. The third-order valence-electron chi connectivity index (χ3n) is 4.88. The summed E-state index contributed by atoms with van der Waals surface area (Å²) in [6.45, 7) is 0.534. The minimum Gasteiger partial charge on any atom is -0.339 e. The van der Waals surface area contributed by atoms with E-state index in [2.05, 4.69) is 10.3 Å². The molecule has 1 aromatic heterocycles. The van der Waals surface area contributed by atoms with Crippen molar-refractivity contribution in [1.82, 2.24) is 9.88 Å². The van der Waals surface area contributed by atoms with Crippen LogP contribution in [0.5, 0.6) is 0 Å². The fourth-order valence-electron chi connectivity index (χ4n) is 3.64. The van der Waals surface area contributed by atoms with Gasteiger partial charge in [0.25, 0.3) is 0 Å². The zero-order valence-corrected chi connectivity index (χ0v) is 14.7. The average molecular weight is 364 g/mol. The second-order valence-electron chi connectivity index (χ2n) is 6.51. The van der Waals surface area contributed by atoms with Crippen molar-refractivity contribution in [2.24, 2.45) is 5.92 Å². The van der Waals surface area contributed by atoms with Crippen molar-refractivity contribution < 1.29 is 9.59 Å². The minimum atomic E-state index is -0.284. The van der Waals surface area contributed by atoms with Crippen LogP contribution < -0.4 is 5.32 Å². The van der Waals surface area contributed by atoms with Crippen molar-refractivity contribution in [2.45, 2.75) is 38.1 Å². The van der Waals surface area contributed by atoms with E-state index in [9.17, 15) is 9.59 Å². The summed E-state index contributed by atoms with van der Waals surface area (Å²) in [4.78, 5) is 31.1. The molecule has 24 heavy (non-hydrogen) atoms. The molecule has 1 unspecified atom stereocenters. The monoisotopic (exact) mass is 363 g/mol. The summed E-state index contributed by atoms with van der Waals surface area (Å²) in [5.74, 6) is -0.291. The fraction of sp³-hybridized carbons (Fsp3) is 0.471. The summed E-state index contributed by atoms with van der Waals surface area (Å²) in [7, 11) is 0. The van der Waals surface area contributed by atoms with E-state index >= 15 is 0 Å². The van der Waals surface area contributed by atoms with Gasteiger partial charge in [0.05, 0.1) is 16.1 Å². The zero-order valence-electron chi connectivity index (χ0n) is 13.1. The van der Waals surface area contributed by atoms with Crippen molar-refractivity contribution in [2.75, 3.05) is 11.9 Å². The van der Waals surface area contributed by atoms with Crippen LogP contribution in [-0.2, 0) is 9.59 Å². The summed E-state index contributed by atoms with van der Waals surface area (Å²) < 4.78 is 0.938. The predicted octanol–water partition coefficient (Wildman–Crippen LogP) is 3.68. The Bertz CT molecular complexity index is 800. The molecule has 2 fully saturated rings. The Labute approximate surface area is 149 Å². The van der Waals surface area contributed by atoms with Crippen LogP contribution in [-0.4, -0.2) is 34.3 Å². The topological polar surface area (TPSA) is 62.3 Å². The second kappa shape index (κ2) is 6.33. The van der Waals surface area contributed by atoms with Gasteiger partial charge in [-0.25, -0.2) is 4.98 Å². The van der Waals surface area contributed by atoms with Gasteiger partial charge in [-0.15, -0.1) is 0 Å². The predicted molar refractivity (Wildman–Crippen MR) is 95.3 cm³/mol. The molecular formula is C17H18ClN3O2S. The summed E-state index contributed by atoms with van der Waals surface area (Å²) in [5, 5.41) is 4.08. The summed E-state index contributed by atoms with van der Waals surface area (Å²) in [6.07, 6.45) is 4.80. The summed E-state index contributed by atoms with van der Waals surface area (Å²) >= 11 is 7.38. The van der Waals surface area contributed by atoms with Crippen LogP contribution in [0.15, 0.2) is 18.2 Å². The van der Waals surface area contributed by atoms with E-state index in [1.165, 1.54) is 24.2 Å². The number of anilines is 1. The zero-order chi connectivity index (χ0) is 16.7. The second-order valence-corrected chi connectivity index (χ2v) is 7.97. The standard InChI is InChI=1S/C17H18ClN3O2S/c18-11-5-6-13-14(8-11)24-17(19-13)20-16(23)10-7-15(22)21(9-10)12-3-1-2-4-12/h5-6,8,10,12H,1-4,7,9H2,(H,19,20,23). The van der Waals surface area contributed by atoms with Crippen LogP contribution in [0.3, 0.4) is 0 Å². The first-order valence-corrected chi connectivity index (χ1v) is 9.46. The average Bonchev–Trinajstić information content (AvgIpc) is 3.25. The number of nitrogens with zero attached hydrogens (tertiary/aromatic N) is 2. The van der Waals surface area contributed by atoms with Gasteiger partial charge in [0.2, 0.25) is 11.8 Å². The van der Waals surface area contributed by atoms with Crippen LogP contribution >= 0.6 is 22.9 Å². The molecule has 2 aliphatic rings. The van der Waals surface area contributed by atoms with E-state index in [1.54, 1.807) is 6.07 Å². The molecule has 1 saturated carbocycles. The lowest BCUT2D eigenvalue weighted by Gasteiger charge is -2.23. The van der Waals surface area contributed by atoms with Crippen LogP contribution in [0.2, 0.25) is 5.02 Å². The minimum absolute atomic E-state index is 0.109. The Morgan fingerprint density at radius 2 is 2.12 bits per heavy atom. The number of carbonyl (C=O) groups excluding carboxylic acids is 2. The van der Waals surface area contributed by atoms with E-state index < -0.39 is 0 Å².